The van der Waals surface area contributed by atoms with Gasteiger partial charge in [0, 0.05) is 29.4 Å². The summed E-state index contributed by atoms with van der Waals surface area (Å²) in [6.07, 6.45) is 4.96. The van der Waals surface area contributed by atoms with E-state index in [1.54, 1.807) is 13.3 Å². The van der Waals surface area contributed by atoms with Gasteiger partial charge in [0.25, 0.3) is 5.91 Å². The number of methoxy groups -OCH3 is 1. The van der Waals surface area contributed by atoms with Gasteiger partial charge in [0.15, 0.2) is 6.61 Å². The number of ether oxygens (including phenoxy) is 2. The molecule has 6 nitrogen and oxygen atoms in total. The maximum Gasteiger partial charge on any atom is 0.277 e. The second-order valence-corrected chi connectivity index (χ2v) is 9.42. The monoisotopic (exact) mass is 547 g/mol. The number of hydrogen-bond donors (Lipinski definition) is 1. The summed E-state index contributed by atoms with van der Waals surface area (Å²) >= 11 is 2.17. The van der Waals surface area contributed by atoms with Gasteiger partial charge >= 0.3 is 0 Å². The molecule has 0 saturated heterocycles. The second kappa shape index (κ2) is 10.4. The molecule has 1 aliphatic heterocycles. The lowest BCUT2D eigenvalue weighted by Gasteiger charge is -2.43. The van der Waals surface area contributed by atoms with Crippen molar-refractivity contribution in [1.29, 1.82) is 0 Å². The molecule has 7 heteroatoms. The number of halogens is 1. The third-order valence-electron chi connectivity index (χ3n) is 5.36. The number of carbonyl (C=O) groups excluding carboxylic acids is 1. The van der Waals surface area contributed by atoms with E-state index in [1.807, 2.05) is 24.3 Å². The summed E-state index contributed by atoms with van der Waals surface area (Å²) in [5, 5.41) is 4.12. The summed E-state index contributed by atoms with van der Waals surface area (Å²) in [5.41, 5.74) is 6.77. The minimum Gasteiger partial charge on any atom is -0.496 e. The molecule has 0 saturated carbocycles. The lowest BCUT2D eigenvalue weighted by Crippen LogP contribution is -2.45. The van der Waals surface area contributed by atoms with Crippen LogP contribution in [0, 0.1) is 3.57 Å². The second-order valence-electron chi connectivity index (χ2n) is 8.26. The number of fused-ring (bicyclic) bond motifs is 1. The number of hydrogen-bond acceptors (Lipinski definition) is 5. The Morgan fingerprint density at radius 3 is 2.69 bits per heavy atom. The van der Waals surface area contributed by atoms with Crippen molar-refractivity contribution in [2.45, 2.75) is 39.7 Å². The molecule has 2 aromatic carbocycles. The molecule has 0 bridgehead atoms. The lowest BCUT2D eigenvalue weighted by molar-refractivity contribution is -0.123. The summed E-state index contributed by atoms with van der Waals surface area (Å²) in [6, 6.07) is 11.7. The largest absolute Gasteiger partial charge is 0.496 e. The zero-order valence-corrected chi connectivity index (χ0v) is 21.4. The number of para-hydroxylation sites is 1. The third kappa shape index (κ3) is 5.43. The molecule has 1 aliphatic rings. The number of anilines is 1. The van der Waals surface area contributed by atoms with Crippen LogP contribution in [0.2, 0.25) is 0 Å². The highest BCUT2D eigenvalue weighted by Crippen LogP contribution is 2.41. The van der Waals surface area contributed by atoms with Gasteiger partial charge in [-0.05, 0) is 73.6 Å². The Bertz CT molecular complexity index is 1050. The van der Waals surface area contributed by atoms with Gasteiger partial charge in [-0.25, -0.2) is 5.43 Å². The van der Waals surface area contributed by atoms with Gasteiger partial charge in [0.05, 0.1) is 22.4 Å². The summed E-state index contributed by atoms with van der Waals surface area (Å²) in [4.78, 5) is 14.5. The first-order valence-corrected chi connectivity index (χ1v) is 11.7. The quantitative estimate of drug-likeness (QED) is 0.279. The van der Waals surface area contributed by atoms with Crippen LogP contribution in [0.4, 0.5) is 5.69 Å². The van der Waals surface area contributed by atoms with E-state index in [9.17, 15) is 4.79 Å². The van der Waals surface area contributed by atoms with Crippen molar-refractivity contribution in [3.05, 3.63) is 57.2 Å². The zero-order valence-electron chi connectivity index (χ0n) is 19.2. The summed E-state index contributed by atoms with van der Waals surface area (Å²) in [5.74, 6) is 1.05. The average molecular weight is 547 g/mol. The van der Waals surface area contributed by atoms with Crippen molar-refractivity contribution in [2.24, 2.45) is 5.10 Å². The molecule has 170 valence electrons. The molecule has 0 atom stereocenters. The molecule has 0 aromatic heterocycles. The number of carbonyl (C=O) groups is 1. The number of allylic oxidation sites excluding steroid dienone is 1. The summed E-state index contributed by atoms with van der Waals surface area (Å²) in [6.45, 7) is 9.61. The average Bonchev–Trinajstić information content (AvgIpc) is 2.75. The van der Waals surface area contributed by atoms with E-state index in [0.717, 1.165) is 33.4 Å². The molecule has 32 heavy (non-hydrogen) atoms. The minimum absolute atomic E-state index is 0.0712. The zero-order chi connectivity index (χ0) is 23.3. The van der Waals surface area contributed by atoms with Crippen LogP contribution in [-0.2, 0) is 4.79 Å². The first-order chi connectivity index (χ1) is 15.3. The number of rotatable bonds is 8. The number of nitrogens with zero attached hydrogens (tertiary/aromatic N) is 2. The van der Waals surface area contributed by atoms with Crippen molar-refractivity contribution < 1.29 is 14.3 Å². The fourth-order valence-corrected chi connectivity index (χ4v) is 4.49. The molecule has 0 aliphatic carbocycles. The first-order valence-electron chi connectivity index (χ1n) is 10.7. The van der Waals surface area contributed by atoms with Crippen LogP contribution in [-0.4, -0.2) is 37.9 Å². The highest BCUT2D eigenvalue weighted by atomic mass is 127. The highest BCUT2D eigenvalue weighted by Gasteiger charge is 2.31. The van der Waals surface area contributed by atoms with Gasteiger partial charge in [0.1, 0.15) is 11.5 Å². The van der Waals surface area contributed by atoms with Crippen LogP contribution in [0.5, 0.6) is 11.5 Å². The van der Waals surface area contributed by atoms with Crippen LogP contribution in [0.25, 0.3) is 5.57 Å². The van der Waals surface area contributed by atoms with Gasteiger partial charge < -0.3 is 14.4 Å². The Balaban J connectivity index is 1.76. The van der Waals surface area contributed by atoms with E-state index in [0.29, 0.717) is 11.5 Å². The molecule has 0 spiro atoms. The number of hydrazone groups is 1. The normalized spacial score (nSPS) is 14.7. The van der Waals surface area contributed by atoms with E-state index in [-0.39, 0.29) is 18.1 Å². The molecule has 1 heterocycles. The van der Waals surface area contributed by atoms with Crippen LogP contribution >= 0.6 is 22.6 Å². The van der Waals surface area contributed by atoms with Crippen LogP contribution < -0.4 is 19.8 Å². The Labute approximate surface area is 203 Å². The summed E-state index contributed by atoms with van der Waals surface area (Å²) < 4.78 is 12.1. The number of benzene rings is 2. The predicted molar refractivity (Wildman–Crippen MR) is 139 cm³/mol. The molecular formula is C25H30IN3O3. The Kier molecular flexibility index (Phi) is 7.82. The van der Waals surface area contributed by atoms with Crippen molar-refractivity contribution in [3.8, 4) is 11.5 Å². The molecule has 0 unspecified atom stereocenters. The minimum atomic E-state index is -0.329. The maximum atomic E-state index is 12.1. The van der Waals surface area contributed by atoms with Crippen LogP contribution in [0.15, 0.2) is 47.6 Å². The molecule has 1 N–H and O–H groups in total. The topological polar surface area (TPSA) is 63.2 Å². The van der Waals surface area contributed by atoms with E-state index < -0.39 is 0 Å². The van der Waals surface area contributed by atoms with Crippen molar-refractivity contribution in [1.82, 2.24) is 5.43 Å². The SMILES string of the molecule is CCCN1c2cc(OC)c(/C=N/NC(=O)COc3ccccc3I)cc2C(C)=CC1(C)C. The van der Waals surface area contributed by atoms with Gasteiger partial charge in [-0.3, -0.25) is 4.79 Å². The maximum absolute atomic E-state index is 12.1. The van der Waals surface area contributed by atoms with Crippen molar-refractivity contribution in [3.63, 3.8) is 0 Å². The van der Waals surface area contributed by atoms with E-state index >= 15 is 0 Å². The molecule has 0 fully saturated rings. The van der Waals surface area contributed by atoms with Crippen molar-refractivity contribution >= 4 is 46.0 Å². The first kappa shape index (κ1) is 24.1. The molecule has 2 aromatic rings. The Hall–Kier alpha value is -2.55. The number of amides is 1. The predicted octanol–water partition coefficient (Wildman–Crippen LogP) is 5.24. The molecule has 0 radical (unpaired) electrons. The molecule has 1 amide bonds. The lowest BCUT2D eigenvalue weighted by atomic mass is 9.87. The van der Waals surface area contributed by atoms with Crippen molar-refractivity contribution in [2.75, 3.05) is 25.2 Å². The van der Waals surface area contributed by atoms with Crippen LogP contribution in [0.3, 0.4) is 0 Å². The Morgan fingerprint density at radius 2 is 2.00 bits per heavy atom. The number of nitrogens with one attached hydrogen (secondary N) is 1. The van der Waals surface area contributed by atoms with E-state index in [4.69, 9.17) is 9.47 Å². The van der Waals surface area contributed by atoms with Gasteiger partial charge in [-0.15, -0.1) is 0 Å². The van der Waals surface area contributed by atoms with Crippen LogP contribution in [0.1, 0.15) is 45.2 Å². The Morgan fingerprint density at radius 1 is 1.25 bits per heavy atom. The summed E-state index contributed by atoms with van der Waals surface area (Å²) in [7, 11) is 1.65. The molecule has 3 rings (SSSR count). The smallest absolute Gasteiger partial charge is 0.277 e. The fraction of sp³-hybridized carbons (Fsp3) is 0.360. The third-order valence-corrected chi connectivity index (χ3v) is 6.26. The van der Waals surface area contributed by atoms with E-state index in [1.165, 1.54) is 5.57 Å². The molecular weight excluding hydrogens is 517 g/mol. The van der Waals surface area contributed by atoms with Gasteiger partial charge in [0.2, 0.25) is 0 Å². The van der Waals surface area contributed by atoms with E-state index in [2.05, 4.69) is 83.9 Å². The van der Waals surface area contributed by atoms with Gasteiger partial charge in [-0.2, -0.15) is 5.10 Å². The standard InChI is InChI=1S/C25H30IN3O3/c1-6-11-29-21-13-23(31-5)18(12-19(21)17(2)14-25(29,3)4)15-27-28-24(30)16-32-22-10-8-7-9-20(22)26/h7-10,12-15H,6,11,16H2,1-5H3,(H,28,30)/b27-15+. The van der Waals surface area contributed by atoms with Gasteiger partial charge in [-0.1, -0.05) is 25.1 Å². The highest BCUT2D eigenvalue weighted by molar-refractivity contribution is 14.1. The fourth-order valence-electron chi connectivity index (χ4n) is 3.94.